The van der Waals surface area contributed by atoms with Gasteiger partial charge in [0.05, 0.1) is 22.5 Å². The SMILES string of the molecule is CN(C)c1ccc(Br)cc1-n1c(N)c2c(cc1=O)C(=O)NC2=O. The molecule has 118 valence electrons. The van der Waals surface area contributed by atoms with Crippen molar-refractivity contribution in [2.75, 3.05) is 24.7 Å². The van der Waals surface area contributed by atoms with Gasteiger partial charge in [-0.25, -0.2) is 0 Å². The van der Waals surface area contributed by atoms with Gasteiger partial charge in [-0.1, -0.05) is 15.9 Å². The number of nitrogens with two attached hydrogens (primary N) is 1. The second-order valence-corrected chi connectivity index (χ2v) is 6.22. The van der Waals surface area contributed by atoms with Gasteiger partial charge in [0.15, 0.2) is 0 Å². The maximum atomic E-state index is 12.5. The van der Waals surface area contributed by atoms with Crippen LogP contribution in [0.15, 0.2) is 33.5 Å². The van der Waals surface area contributed by atoms with E-state index in [0.717, 1.165) is 16.2 Å². The number of anilines is 2. The van der Waals surface area contributed by atoms with Crippen LogP contribution in [-0.4, -0.2) is 30.5 Å². The van der Waals surface area contributed by atoms with Gasteiger partial charge in [-0.15, -0.1) is 0 Å². The minimum absolute atomic E-state index is 0.00940. The van der Waals surface area contributed by atoms with E-state index >= 15 is 0 Å². The Morgan fingerprint density at radius 1 is 1.13 bits per heavy atom. The number of pyridine rings is 1. The van der Waals surface area contributed by atoms with Crippen LogP contribution in [0, 0.1) is 0 Å². The summed E-state index contributed by atoms with van der Waals surface area (Å²) in [7, 11) is 3.66. The molecule has 1 aromatic heterocycles. The first-order valence-electron chi connectivity index (χ1n) is 6.69. The highest BCUT2D eigenvalue weighted by Gasteiger charge is 2.32. The molecule has 0 aliphatic carbocycles. The fraction of sp³-hybridized carbons (Fsp3) is 0.133. The van der Waals surface area contributed by atoms with Crippen LogP contribution in [0.1, 0.15) is 20.7 Å². The Labute approximate surface area is 139 Å². The Morgan fingerprint density at radius 2 is 1.83 bits per heavy atom. The number of carbonyl (C=O) groups is 2. The predicted octanol–water partition coefficient (Wildman–Crippen LogP) is 1.13. The molecule has 0 fully saturated rings. The zero-order valence-electron chi connectivity index (χ0n) is 12.4. The molecule has 0 bridgehead atoms. The Morgan fingerprint density at radius 3 is 2.48 bits per heavy atom. The number of nitrogens with one attached hydrogen (secondary N) is 1. The molecule has 7 nitrogen and oxygen atoms in total. The monoisotopic (exact) mass is 376 g/mol. The van der Waals surface area contributed by atoms with Crippen molar-refractivity contribution in [3.05, 3.63) is 50.2 Å². The number of carbonyl (C=O) groups excluding carboxylic acids is 2. The lowest BCUT2D eigenvalue weighted by atomic mass is 10.1. The summed E-state index contributed by atoms with van der Waals surface area (Å²) in [5, 5.41) is 2.15. The number of hydrogen-bond donors (Lipinski definition) is 2. The molecule has 3 rings (SSSR count). The molecule has 0 radical (unpaired) electrons. The lowest BCUT2D eigenvalue weighted by molar-refractivity contribution is 0.0880. The van der Waals surface area contributed by atoms with Crippen LogP contribution in [0.4, 0.5) is 11.5 Å². The zero-order valence-corrected chi connectivity index (χ0v) is 14.0. The molecule has 3 N–H and O–H groups in total. The van der Waals surface area contributed by atoms with Gasteiger partial charge in [0, 0.05) is 24.6 Å². The number of imide groups is 1. The smallest absolute Gasteiger partial charge is 0.262 e. The molecule has 0 atom stereocenters. The number of nitrogen functional groups attached to an aromatic ring is 1. The maximum Gasteiger partial charge on any atom is 0.262 e. The van der Waals surface area contributed by atoms with Crippen LogP contribution < -0.4 is 21.5 Å². The van der Waals surface area contributed by atoms with E-state index in [1.165, 1.54) is 4.57 Å². The minimum atomic E-state index is -0.608. The van der Waals surface area contributed by atoms with Crippen LogP contribution in [-0.2, 0) is 0 Å². The van der Waals surface area contributed by atoms with Gasteiger partial charge in [-0.3, -0.25) is 24.3 Å². The topological polar surface area (TPSA) is 97.4 Å². The summed E-state index contributed by atoms with van der Waals surface area (Å²) in [4.78, 5) is 38.0. The molecule has 1 aliphatic heterocycles. The summed E-state index contributed by atoms with van der Waals surface area (Å²) in [5.41, 5.74) is 6.87. The largest absolute Gasteiger partial charge is 0.384 e. The van der Waals surface area contributed by atoms with E-state index in [0.29, 0.717) is 5.69 Å². The van der Waals surface area contributed by atoms with Gasteiger partial charge >= 0.3 is 0 Å². The van der Waals surface area contributed by atoms with Crippen LogP contribution in [0.2, 0.25) is 0 Å². The first-order chi connectivity index (χ1) is 10.8. The molecule has 2 aromatic rings. The number of aromatic nitrogens is 1. The summed E-state index contributed by atoms with van der Waals surface area (Å²) in [6.45, 7) is 0. The molecule has 0 spiro atoms. The normalized spacial score (nSPS) is 13.0. The quantitative estimate of drug-likeness (QED) is 0.765. The second-order valence-electron chi connectivity index (χ2n) is 5.30. The number of benzene rings is 1. The Balaban J connectivity index is 2.38. The molecule has 23 heavy (non-hydrogen) atoms. The number of rotatable bonds is 2. The van der Waals surface area contributed by atoms with Crippen LogP contribution in [0.25, 0.3) is 5.69 Å². The van der Waals surface area contributed by atoms with Crippen molar-refractivity contribution < 1.29 is 9.59 Å². The van der Waals surface area contributed by atoms with E-state index in [1.54, 1.807) is 6.07 Å². The van der Waals surface area contributed by atoms with E-state index in [1.807, 2.05) is 31.1 Å². The van der Waals surface area contributed by atoms with Crippen LogP contribution in [0.3, 0.4) is 0 Å². The van der Waals surface area contributed by atoms with Crippen molar-refractivity contribution in [3.63, 3.8) is 0 Å². The van der Waals surface area contributed by atoms with E-state index in [-0.39, 0.29) is 16.9 Å². The summed E-state index contributed by atoms with van der Waals surface area (Å²) in [5.74, 6) is -1.27. The number of amides is 2. The highest BCUT2D eigenvalue weighted by atomic mass is 79.9. The molecule has 2 amide bonds. The molecule has 0 unspecified atom stereocenters. The summed E-state index contributed by atoms with van der Waals surface area (Å²) in [6, 6.07) is 6.52. The van der Waals surface area contributed by atoms with Crippen LogP contribution >= 0.6 is 15.9 Å². The highest BCUT2D eigenvalue weighted by molar-refractivity contribution is 9.10. The molecular weight excluding hydrogens is 364 g/mol. The first kappa shape index (κ1) is 15.3. The lowest BCUT2D eigenvalue weighted by Gasteiger charge is -2.20. The Hall–Kier alpha value is -2.61. The molecule has 2 heterocycles. The predicted molar refractivity (Wildman–Crippen MR) is 90.3 cm³/mol. The van der Waals surface area contributed by atoms with Crippen molar-refractivity contribution in [2.45, 2.75) is 0 Å². The van der Waals surface area contributed by atoms with Gasteiger partial charge in [0.25, 0.3) is 17.4 Å². The first-order valence-corrected chi connectivity index (χ1v) is 7.49. The fourth-order valence-electron chi connectivity index (χ4n) is 2.58. The third-order valence-corrected chi connectivity index (χ3v) is 4.11. The Bertz CT molecular complexity index is 918. The van der Waals surface area contributed by atoms with Gasteiger partial charge in [0.1, 0.15) is 5.82 Å². The van der Waals surface area contributed by atoms with E-state index in [2.05, 4.69) is 21.2 Å². The molecule has 0 saturated heterocycles. The molecule has 1 aromatic carbocycles. The van der Waals surface area contributed by atoms with Crippen molar-refractivity contribution in [2.24, 2.45) is 0 Å². The standard InChI is InChI=1S/C15H13BrN4O3/c1-19(2)9-4-3-7(16)5-10(9)20-11(21)6-8-12(13(20)17)15(23)18-14(8)22/h3-6H,17H2,1-2H3,(H,18,22,23). The van der Waals surface area contributed by atoms with Gasteiger partial charge in [0.2, 0.25) is 0 Å². The average Bonchev–Trinajstić information content (AvgIpc) is 2.73. The minimum Gasteiger partial charge on any atom is -0.384 e. The number of nitrogens with zero attached hydrogens (tertiary/aromatic N) is 2. The Kier molecular flexibility index (Phi) is 3.48. The van der Waals surface area contributed by atoms with Crippen LogP contribution in [0.5, 0.6) is 0 Å². The summed E-state index contributed by atoms with van der Waals surface area (Å²) in [6.07, 6.45) is 0. The van der Waals surface area contributed by atoms with E-state index in [9.17, 15) is 14.4 Å². The maximum absolute atomic E-state index is 12.5. The van der Waals surface area contributed by atoms with Crippen molar-refractivity contribution in [1.29, 1.82) is 0 Å². The highest BCUT2D eigenvalue weighted by Crippen LogP contribution is 2.30. The van der Waals surface area contributed by atoms with Crippen molar-refractivity contribution in [1.82, 2.24) is 9.88 Å². The molecule has 1 aliphatic rings. The van der Waals surface area contributed by atoms with Gasteiger partial charge in [-0.2, -0.15) is 0 Å². The average molecular weight is 377 g/mol. The van der Waals surface area contributed by atoms with Crippen molar-refractivity contribution in [3.8, 4) is 5.69 Å². The lowest BCUT2D eigenvalue weighted by Crippen LogP contribution is -2.26. The molecular formula is C15H13BrN4O3. The van der Waals surface area contributed by atoms with Gasteiger partial charge in [-0.05, 0) is 18.2 Å². The number of halogens is 1. The van der Waals surface area contributed by atoms with Crippen molar-refractivity contribution >= 4 is 39.2 Å². The zero-order chi connectivity index (χ0) is 16.9. The molecule has 8 heteroatoms. The number of hydrogen-bond acceptors (Lipinski definition) is 5. The second kappa shape index (κ2) is 5.24. The van der Waals surface area contributed by atoms with E-state index < -0.39 is 17.4 Å². The van der Waals surface area contributed by atoms with Gasteiger partial charge < -0.3 is 10.6 Å². The summed E-state index contributed by atoms with van der Waals surface area (Å²) >= 11 is 3.37. The summed E-state index contributed by atoms with van der Waals surface area (Å²) < 4.78 is 1.99. The number of fused-ring (bicyclic) bond motifs is 1. The third kappa shape index (κ3) is 2.31. The third-order valence-electron chi connectivity index (χ3n) is 3.61. The molecule has 0 saturated carbocycles. The van der Waals surface area contributed by atoms with E-state index in [4.69, 9.17) is 5.73 Å². The fourth-order valence-corrected chi connectivity index (χ4v) is 2.93.